The van der Waals surface area contributed by atoms with Gasteiger partial charge >= 0.3 is 6.03 Å². The highest BCUT2D eigenvalue weighted by molar-refractivity contribution is 6.32. The van der Waals surface area contributed by atoms with Gasteiger partial charge in [-0.1, -0.05) is 29.3 Å². The summed E-state index contributed by atoms with van der Waals surface area (Å²) in [6.45, 7) is 5.24. The highest BCUT2D eigenvalue weighted by Gasteiger charge is 2.35. The average molecular weight is 458 g/mol. The van der Waals surface area contributed by atoms with Crippen LogP contribution in [0.1, 0.15) is 25.0 Å². The monoisotopic (exact) mass is 457 g/mol. The van der Waals surface area contributed by atoms with Crippen molar-refractivity contribution < 1.29 is 23.9 Å². The fourth-order valence-corrected chi connectivity index (χ4v) is 3.30. The highest BCUT2D eigenvalue weighted by Crippen LogP contribution is 2.37. The van der Waals surface area contributed by atoms with E-state index in [4.69, 9.17) is 21.1 Å². The number of carbonyl (C=O) groups is 3. The largest absolute Gasteiger partial charge is 0.493 e. The van der Waals surface area contributed by atoms with Crippen LogP contribution >= 0.6 is 11.6 Å². The molecule has 0 saturated carbocycles. The van der Waals surface area contributed by atoms with E-state index < -0.39 is 24.4 Å². The lowest BCUT2D eigenvalue weighted by atomic mass is 10.1. The third kappa shape index (κ3) is 5.39. The summed E-state index contributed by atoms with van der Waals surface area (Å²) in [5.74, 6) is -0.322. The normalized spacial score (nSPS) is 14.7. The average Bonchev–Trinajstić information content (AvgIpc) is 2.98. The quantitative estimate of drug-likeness (QED) is 0.484. The smallest absolute Gasteiger partial charge is 0.329 e. The molecule has 1 aliphatic rings. The van der Waals surface area contributed by atoms with Crippen molar-refractivity contribution in [2.75, 3.05) is 19.0 Å². The summed E-state index contributed by atoms with van der Waals surface area (Å²) in [4.78, 5) is 38.1. The van der Waals surface area contributed by atoms with Crippen LogP contribution in [-0.4, -0.2) is 42.5 Å². The number of carbonyl (C=O) groups excluding carboxylic acids is 3. The van der Waals surface area contributed by atoms with Crippen LogP contribution in [0.4, 0.5) is 10.5 Å². The molecule has 1 fully saturated rings. The van der Waals surface area contributed by atoms with Crippen molar-refractivity contribution in [1.29, 1.82) is 0 Å². The number of hydrogen-bond donors (Lipinski definition) is 2. The number of urea groups is 1. The Kier molecular flexibility index (Phi) is 7.05. The number of imide groups is 1. The maximum atomic E-state index is 12.7. The van der Waals surface area contributed by atoms with Gasteiger partial charge in [0, 0.05) is 5.69 Å². The van der Waals surface area contributed by atoms with Crippen LogP contribution in [-0.2, 0) is 9.59 Å². The summed E-state index contributed by atoms with van der Waals surface area (Å²) in [6.07, 6.45) is 1.35. The molecule has 1 saturated heterocycles. The van der Waals surface area contributed by atoms with Crippen molar-refractivity contribution in [2.24, 2.45) is 0 Å². The zero-order chi connectivity index (χ0) is 23.4. The van der Waals surface area contributed by atoms with Crippen LogP contribution in [0.3, 0.4) is 0 Å². The van der Waals surface area contributed by atoms with E-state index in [1.807, 2.05) is 32.9 Å². The van der Waals surface area contributed by atoms with Crippen molar-refractivity contribution in [1.82, 2.24) is 10.2 Å². The predicted octanol–water partition coefficient (Wildman–Crippen LogP) is 3.98. The van der Waals surface area contributed by atoms with Crippen molar-refractivity contribution in [3.05, 3.63) is 58.2 Å². The summed E-state index contributed by atoms with van der Waals surface area (Å²) < 4.78 is 11.0. The zero-order valence-electron chi connectivity index (χ0n) is 18.2. The number of halogens is 1. The van der Waals surface area contributed by atoms with E-state index in [1.165, 1.54) is 13.2 Å². The first-order valence-electron chi connectivity index (χ1n) is 9.93. The molecule has 4 amide bonds. The highest BCUT2D eigenvalue weighted by atomic mass is 35.5. The van der Waals surface area contributed by atoms with E-state index in [0.717, 1.165) is 10.5 Å². The maximum absolute atomic E-state index is 12.7. The summed E-state index contributed by atoms with van der Waals surface area (Å²) in [5.41, 5.74) is 2.17. The van der Waals surface area contributed by atoms with Crippen LogP contribution in [0.15, 0.2) is 42.1 Å². The number of nitrogens with zero attached hydrogens (tertiary/aromatic N) is 1. The molecule has 0 aromatic heterocycles. The Balaban J connectivity index is 1.75. The molecule has 8 nitrogen and oxygen atoms in total. The van der Waals surface area contributed by atoms with E-state index >= 15 is 0 Å². The lowest BCUT2D eigenvalue weighted by Crippen LogP contribution is -2.38. The molecular weight excluding hydrogens is 434 g/mol. The van der Waals surface area contributed by atoms with E-state index in [1.54, 1.807) is 24.3 Å². The van der Waals surface area contributed by atoms with Crippen LogP contribution < -0.4 is 20.1 Å². The van der Waals surface area contributed by atoms with Crippen molar-refractivity contribution in [3.63, 3.8) is 0 Å². The Morgan fingerprint density at radius 2 is 1.91 bits per heavy atom. The first kappa shape index (κ1) is 23.1. The standard InChI is InChI=1S/C23H24ClN3O5/c1-13(2)32-21-17(24)9-15(11-19(21)31-4)10-18-22(29)27(23(30)26-18)12-20(28)25-16-7-5-14(3)6-8-16/h5-11,13H,12H2,1-4H3,(H,25,28)(H,26,30). The molecule has 0 spiro atoms. The molecule has 2 aromatic rings. The minimum atomic E-state index is -0.682. The van der Waals surface area contributed by atoms with Gasteiger partial charge in [-0.2, -0.15) is 0 Å². The van der Waals surface area contributed by atoms with E-state index in [2.05, 4.69) is 10.6 Å². The molecule has 0 aliphatic carbocycles. The van der Waals surface area contributed by atoms with Crippen molar-refractivity contribution in [2.45, 2.75) is 26.9 Å². The SMILES string of the molecule is COc1cc(C=C2NC(=O)N(CC(=O)Nc3ccc(C)cc3)C2=O)cc(Cl)c1OC(C)C. The van der Waals surface area contributed by atoms with Crippen LogP contribution in [0.5, 0.6) is 11.5 Å². The Morgan fingerprint density at radius 1 is 1.22 bits per heavy atom. The van der Waals surface area contributed by atoms with Crippen molar-refractivity contribution >= 4 is 41.2 Å². The summed E-state index contributed by atoms with van der Waals surface area (Å²) in [6, 6.07) is 9.74. The second-order valence-electron chi connectivity index (χ2n) is 7.49. The topological polar surface area (TPSA) is 97.0 Å². The number of rotatable bonds is 7. The van der Waals surface area contributed by atoms with Gasteiger partial charge in [0.25, 0.3) is 5.91 Å². The Labute approximate surface area is 191 Å². The van der Waals surface area contributed by atoms with E-state index in [0.29, 0.717) is 27.8 Å². The van der Waals surface area contributed by atoms with Gasteiger partial charge in [-0.25, -0.2) is 9.69 Å². The number of methoxy groups -OCH3 is 1. The van der Waals surface area contributed by atoms with E-state index in [-0.39, 0.29) is 11.8 Å². The molecule has 2 N–H and O–H groups in total. The summed E-state index contributed by atoms with van der Waals surface area (Å²) in [5, 5.41) is 5.45. The first-order valence-corrected chi connectivity index (χ1v) is 10.3. The van der Waals surface area contributed by atoms with Gasteiger partial charge in [0.05, 0.1) is 18.2 Å². The number of aryl methyl sites for hydroxylation is 1. The zero-order valence-corrected chi connectivity index (χ0v) is 18.9. The third-order valence-electron chi connectivity index (χ3n) is 4.52. The molecule has 0 bridgehead atoms. The second-order valence-corrected chi connectivity index (χ2v) is 7.90. The van der Waals surface area contributed by atoms with E-state index in [9.17, 15) is 14.4 Å². The molecule has 1 heterocycles. The fourth-order valence-electron chi connectivity index (χ4n) is 3.04. The van der Waals surface area contributed by atoms with Gasteiger partial charge in [-0.05, 0) is 56.7 Å². The number of ether oxygens (including phenoxy) is 2. The Morgan fingerprint density at radius 3 is 2.53 bits per heavy atom. The second kappa shape index (κ2) is 9.74. The predicted molar refractivity (Wildman–Crippen MR) is 122 cm³/mol. The number of anilines is 1. The Hall–Kier alpha value is -3.52. The number of hydrogen-bond acceptors (Lipinski definition) is 5. The lowest BCUT2D eigenvalue weighted by Gasteiger charge is -2.15. The molecule has 3 rings (SSSR count). The molecule has 0 atom stereocenters. The van der Waals surface area contributed by atoms with Gasteiger partial charge in [0.2, 0.25) is 5.91 Å². The molecule has 2 aromatic carbocycles. The number of amides is 4. The summed E-state index contributed by atoms with van der Waals surface area (Å²) in [7, 11) is 1.48. The molecule has 32 heavy (non-hydrogen) atoms. The van der Waals surface area contributed by atoms with Gasteiger partial charge in [-0.3, -0.25) is 9.59 Å². The van der Waals surface area contributed by atoms with Gasteiger partial charge in [0.15, 0.2) is 11.5 Å². The number of nitrogens with one attached hydrogen (secondary N) is 2. The first-order chi connectivity index (χ1) is 15.2. The minimum absolute atomic E-state index is 0.0220. The summed E-state index contributed by atoms with van der Waals surface area (Å²) >= 11 is 6.32. The molecule has 168 valence electrons. The van der Waals surface area contributed by atoms with Crippen LogP contribution in [0, 0.1) is 6.92 Å². The van der Waals surface area contributed by atoms with Crippen molar-refractivity contribution in [3.8, 4) is 11.5 Å². The minimum Gasteiger partial charge on any atom is -0.493 e. The van der Waals surface area contributed by atoms with Gasteiger partial charge in [0.1, 0.15) is 12.2 Å². The molecule has 0 radical (unpaired) electrons. The molecule has 0 unspecified atom stereocenters. The lowest BCUT2D eigenvalue weighted by molar-refractivity contribution is -0.127. The molecule has 9 heteroatoms. The third-order valence-corrected chi connectivity index (χ3v) is 4.80. The molecule has 1 aliphatic heterocycles. The van der Waals surface area contributed by atoms with Gasteiger partial charge in [-0.15, -0.1) is 0 Å². The number of benzene rings is 2. The Bertz CT molecular complexity index is 1080. The van der Waals surface area contributed by atoms with Gasteiger partial charge < -0.3 is 20.1 Å². The van der Waals surface area contributed by atoms with Crippen LogP contribution in [0.2, 0.25) is 5.02 Å². The van der Waals surface area contributed by atoms with Crippen LogP contribution in [0.25, 0.3) is 6.08 Å². The molecular formula is C23H24ClN3O5. The fraction of sp³-hybridized carbons (Fsp3) is 0.261. The maximum Gasteiger partial charge on any atom is 0.329 e.